The highest BCUT2D eigenvalue weighted by molar-refractivity contribution is 5.00. The second kappa shape index (κ2) is 5.28. The summed E-state index contributed by atoms with van der Waals surface area (Å²) in [5.74, 6) is 0. The van der Waals surface area contributed by atoms with Gasteiger partial charge in [0.1, 0.15) is 0 Å². The Hall–Kier alpha value is -0.520. The van der Waals surface area contributed by atoms with Crippen LogP contribution in [0.1, 0.15) is 32.1 Å². The molecule has 0 fully saturated rings. The molecule has 10 heavy (non-hydrogen) atoms. The third-order valence-electron chi connectivity index (χ3n) is 1.70. The normalized spacial score (nSPS) is 27.2. The first-order valence-electron chi connectivity index (χ1n) is 4.13. The highest BCUT2D eigenvalue weighted by Crippen LogP contribution is 2.05. The maximum Gasteiger partial charge on any atom is -0.0133 e. The molecule has 0 heterocycles. The van der Waals surface area contributed by atoms with Gasteiger partial charge in [-0.25, -0.2) is 0 Å². The van der Waals surface area contributed by atoms with Crippen molar-refractivity contribution in [2.45, 2.75) is 32.1 Å². The molecule has 1 aliphatic rings. The summed E-state index contributed by atoms with van der Waals surface area (Å²) in [7, 11) is 0. The Bertz CT molecular complexity index is 104. The lowest BCUT2D eigenvalue weighted by molar-refractivity contribution is 0.759. The van der Waals surface area contributed by atoms with Crippen molar-refractivity contribution in [1.29, 1.82) is 0 Å². The monoisotopic (exact) mass is 135 g/mol. The molecule has 1 aliphatic carbocycles. The predicted octanol–water partition coefficient (Wildman–Crippen LogP) is 3.27. The molecule has 0 bridgehead atoms. The largest absolute Gasteiger partial charge is 0.0885 e. The SMILES string of the molecule is [CH]1/C=C/CCCC/C=C/C1. The van der Waals surface area contributed by atoms with Crippen molar-refractivity contribution in [2.24, 2.45) is 0 Å². The number of rotatable bonds is 0. The van der Waals surface area contributed by atoms with Crippen LogP contribution in [-0.4, -0.2) is 0 Å². The van der Waals surface area contributed by atoms with E-state index in [9.17, 15) is 0 Å². The summed E-state index contributed by atoms with van der Waals surface area (Å²) in [6.07, 6.45) is 17.5. The highest BCUT2D eigenvalue weighted by atomic mass is 13.9. The summed E-state index contributed by atoms with van der Waals surface area (Å²) < 4.78 is 0. The van der Waals surface area contributed by atoms with Gasteiger partial charge in [0.2, 0.25) is 0 Å². The first-order valence-corrected chi connectivity index (χ1v) is 4.13. The molecule has 0 nitrogen and oxygen atoms in total. The molecular weight excluding hydrogens is 120 g/mol. The fourth-order valence-electron chi connectivity index (χ4n) is 1.09. The van der Waals surface area contributed by atoms with Gasteiger partial charge in [0.05, 0.1) is 0 Å². The average Bonchev–Trinajstić information content (AvgIpc) is 2.01. The Balaban J connectivity index is 2.23. The van der Waals surface area contributed by atoms with E-state index in [0.29, 0.717) is 0 Å². The molecule has 55 valence electrons. The van der Waals surface area contributed by atoms with Crippen molar-refractivity contribution in [1.82, 2.24) is 0 Å². The second-order valence-corrected chi connectivity index (χ2v) is 2.66. The zero-order valence-electron chi connectivity index (χ0n) is 6.42. The fourth-order valence-corrected chi connectivity index (χ4v) is 1.09. The van der Waals surface area contributed by atoms with Crippen LogP contribution in [0.2, 0.25) is 0 Å². The van der Waals surface area contributed by atoms with E-state index in [1.54, 1.807) is 0 Å². The van der Waals surface area contributed by atoms with E-state index in [0.717, 1.165) is 6.42 Å². The molecule has 0 spiro atoms. The van der Waals surface area contributed by atoms with Crippen LogP contribution < -0.4 is 0 Å². The molecule has 0 heteroatoms. The number of hydrogen-bond donors (Lipinski definition) is 0. The minimum absolute atomic E-state index is 1.11. The first kappa shape index (κ1) is 7.59. The fraction of sp³-hybridized carbons (Fsp3) is 0.500. The molecule has 0 N–H and O–H groups in total. The van der Waals surface area contributed by atoms with E-state index in [4.69, 9.17) is 0 Å². The van der Waals surface area contributed by atoms with Gasteiger partial charge in [-0.3, -0.25) is 0 Å². The van der Waals surface area contributed by atoms with Gasteiger partial charge in [-0.2, -0.15) is 0 Å². The molecule has 0 aromatic heterocycles. The van der Waals surface area contributed by atoms with Crippen LogP contribution in [0, 0.1) is 6.42 Å². The van der Waals surface area contributed by atoms with Crippen LogP contribution in [0.15, 0.2) is 24.3 Å². The van der Waals surface area contributed by atoms with E-state index in [1.165, 1.54) is 25.7 Å². The average molecular weight is 135 g/mol. The van der Waals surface area contributed by atoms with Gasteiger partial charge in [-0.1, -0.05) is 24.3 Å². The summed E-state index contributed by atoms with van der Waals surface area (Å²) in [6, 6.07) is 0. The van der Waals surface area contributed by atoms with Gasteiger partial charge < -0.3 is 0 Å². The van der Waals surface area contributed by atoms with Gasteiger partial charge in [0.15, 0.2) is 0 Å². The molecule has 0 unspecified atom stereocenters. The molecule has 1 rings (SSSR count). The Morgan fingerprint density at radius 1 is 0.800 bits per heavy atom. The maximum atomic E-state index is 2.29. The van der Waals surface area contributed by atoms with Crippen LogP contribution in [-0.2, 0) is 0 Å². The lowest BCUT2D eigenvalue weighted by Gasteiger charge is -1.95. The van der Waals surface area contributed by atoms with Crippen LogP contribution in [0.5, 0.6) is 0 Å². The van der Waals surface area contributed by atoms with E-state index >= 15 is 0 Å². The summed E-state index contributed by atoms with van der Waals surface area (Å²) in [4.78, 5) is 0. The lowest BCUT2D eigenvalue weighted by Crippen LogP contribution is -1.76. The van der Waals surface area contributed by atoms with Crippen molar-refractivity contribution in [3.8, 4) is 0 Å². The van der Waals surface area contributed by atoms with Gasteiger partial charge in [-0.15, -0.1) is 0 Å². The van der Waals surface area contributed by atoms with E-state index in [1.807, 2.05) is 0 Å². The summed E-state index contributed by atoms with van der Waals surface area (Å²) in [5.41, 5.74) is 0. The molecule has 0 aliphatic heterocycles. The maximum absolute atomic E-state index is 2.29. The molecule has 0 aromatic carbocycles. The zero-order valence-corrected chi connectivity index (χ0v) is 6.42. The van der Waals surface area contributed by atoms with Crippen LogP contribution in [0.25, 0.3) is 0 Å². The smallest absolute Gasteiger partial charge is 0.0133 e. The van der Waals surface area contributed by atoms with Crippen LogP contribution >= 0.6 is 0 Å². The van der Waals surface area contributed by atoms with E-state index in [2.05, 4.69) is 30.7 Å². The van der Waals surface area contributed by atoms with Crippen molar-refractivity contribution in [3.63, 3.8) is 0 Å². The minimum Gasteiger partial charge on any atom is -0.0885 e. The Kier molecular flexibility index (Phi) is 4.00. The van der Waals surface area contributed by atoms with Gasteiger partial charge >= 0.3 is 0 Å². The van der Waals surface area contributed by atoms with Gasteiger partial charge in [-0.05, 0) is 38.5 Å². The number of allylic oxidation sites excluding steroid dienone is 4. The molecule has 0 aromatic rings. The van der Waals surface area contributed by atoms with Crippen LogP contribution in [0.3, 0.4) is 0 Å². The van der Waals surface area contributed by atoms with E-state index in [-0.39, 0.29) is 0 Å². The minimum atomic E-state index is 1.11. The zero-order chi connectivity index (χ0) is 7.07. The molecule has 1 radical (unpaired) electrons. The Morgan fingerprint density at radius 2 is 1.60 bits per heavy atom. The summed E-state index contributed by atoms with van der Waals surface area (Å²) in [5, 5.41) is 0. The first-order chi connectivity index (χ1) is 5.00. The third kappa shape index (κ3) is 3.49. The Morgan fingerprint density at radius 3 is 2.50 bits per heavy atom. The van der Waals surface area contributed by atoms with Crippen LogP contribution in [0.4, 0.5) is 0 Å². The summed E-state index contributed by atoms with van der Waals surface area (Å²) in [6.45, 7) is 0. The lowest BCUT2D eigenvalue weighted by atomic mass is 10.1. The molecule has 0 saturated heterocycles. The molecular formula is C10H15. The highest BCUT2D eigenvalue weighted by Gasteiger charge is 1.86. The molecule has 0 saturated carbocycles. The topological polar surface area (TPSA) is 0 Å². The standard InChI is InChI=1S/C10H15/c1-2-4-6-8-10-9-7-5-3-1/h1-3,6,8H,4-5,7,9-10H2/b3-1+,8-6+. The quantitative estimate of drug-likeness (QED) is 0.447. The number of hydrogen-bond acceptors (Lipinski definition) is 0. The summed E-state index contributed by atoms with van der Waals surface area (Å²) >= 11 is 0. The van der Waals surface area contributed by atoms with Gasteiger partial charge in [0.25, 0.3) is 0 Å². The second-order valence-electron chi connectivity index (χ2n) is 2.66. The van der Waals surface area contributed by atoms with Crippen molar-refractivity contribution in [2.75, 3.05) is 0 Å². The van der Waals surface area contributed by atoms with Crippen molar-refractivity contribution < 1.29 is 0 Å². The van der Waals surface area contributed by atoms with Gasteiger partial charge in [0, 0.05) is 0 Å². The van der Waals surface area contributed by atoms with Crippen molar-refractivity contribution >= 4 is 0 Å². The Labute approximate surface area is 63.6 Å². The predicted molar refractivity (Wildman–Crippen MR) is 45.7 cm³/mol. The van der Waals surface area contributed by atoms with Crippen molar-refractivity contribution in [3.05, 3.63) is 30.7 Å². The third-order valence-corrected chi connectivity index (χ3v) is 1.70. The van der Waals surface area contributed by atoms with E-state index < -0.39 is 0 Å². The molecule has 0 atom stereocenters. The molecule has 0 amide bonds.